The highest BCUT2D eigenvalue weighted by molar-refractivity contribution is 5.67. The predicted octanol–water partition coefficient (Wildman–Crippen LogP) is 5.01. The zero-order valence-corrected chi connectivity index (χ0v) is 21.9. The van der Waals surface area contributed by atoms with Crippen molar-refractivity contribution in [1.29, 1.82) is 0 Å². The Morgan fingerprint density at radius 3 is 1.68 bits per heavy atom. The molecule has 0 saturated carbocycles. The molecule has 0 radical (unpaired) electrons. The molecular formula is C31H34O7. The molecule has 0 aliphatic carbocycles. The van der Waals surface area contributed by atoms with Gasteiger partial charge in [0.15, 0.2) is 12.4 Å². The predicted molar refractivity (Wildman–Crippen MR) is 141 cm³/mol. The van der Waals surface area contributed by atoms with Gasteiger partial charge < -0.3 is 23.7 Å². The van der Waals surface area contributed by atoms with Crippen molar-refractivity contribution in [3.63, 3.8) is 0 Å². The van der Waals surface area contributed by atoms with E-state index < -0.39 is 42.1 Å². The Balaban J connectivity index is 1.77. The smallest absolute Gasteiger partial charge is 0.303 e. The van der Waals surface area contributed by atoms with Crippen molar-refractivity contribution in [2.75, 3.05) is 13.2 Å². The van der Waals surface area contributed by atoms with Crippen LogP contribution >= 0.6 is 0 Å². The number of carbonyl (C=O) groups is 2. The molecule has 4 rings (SSSR count). The van der Waals surface area contributed by atoms with Crippen LogP contribution in [-0.4, -0.2) is 49.8 Å². The normalized spacial score (nSPS) is 21.4. The summed E-state index contributed by atoms with van der Waals surface area (Å²) >= 11 is 0. The lowest BCUT2D eigenvalue weighted by molar-refractivity contribution is -0.269. The number of benzene rings is 3. The molecule has 38 heavy (non-hydrogen) atoms. The molecule has 7 nitrogen and oxygen atoms in total. The maximum atomic E-state index is 12.1. The van der Waals surface area contributed by atoms with Gasteiger partial charge in [0.05, 0.1) is 6.61 Å². The van der Waals surface area contributed by atoms with Gasteiger partial charge in [-0.25, -0.2) is 0 Å². The van der Waals surface area contributed by atoms with Crippen molar-refractivity contribution >= 4 is 11.9 Å². The summed E-state index contributed by atoms with van der Waals surface area (Å²) in [5.41, 5.74) is 1.78. The Hall–Kier alpha value is -3.52. The molecule has 200 valence electrons. The maximum Gasteiger partial charge on any atom is 0.303 e. The molecule has 0 amide bonds. The first-order chi connectivity index (χ1) is 18.4. The molecule has 0 unspecified atom stereocenters. The van der Waals surface area contributed by atoms with Gasteiger partial charge in [-0.15, -0.1) is 0 Å². The van der Waals surface area contributed by atoms with Crippen molar-refractivity contribution in [1.82, 2.24) is 0 Å². The van der Waals surface area contributed by atoms with E-state index in [9.17, 15) is 9.59 Å². The quantitative estimate of drug-likeness (QED) is 0.276. The first kappa shape index (κ1) is 27.5. The summed E-state index contributed by atoms with van der Waals surface area (Å²) < 4.78 is 30.1. The minimum absolute atomic E-state index is 0.0258. The van der Waals surface area contributed by atoms with E-state index in [2.05, 4.69) is 0 Å². The van der Waals surface area contributed by atoms with Gasteiger partial charge in [-0.1, -0.05) is 91.0 Å². The second-order valence-corrected chi connectivity index (χ2v) is 9.11. The molecule has 1 fully saturated rings. The SMILES string of the molecule is CCO[C@@H]1C[C@@H](OC(C)=O)[C@H](OC(C)=O)[C@@H](COC(c2ccccc2)(c2ccccc2)c2ccccc2)O1. The third-order valence-electron chi connectivity index (χ3n) is 6.46. The number of ether oxygens (including phenoxy) is 5. The van der Waals surface area contributed by atoms with Crippen molar-refractivity contribution in [3.05, 3.63) is 108 Å². The lowest BCUT2D eigenvalue weighted by atomic mass is 9.80. The molecule has 7 heteroatoms. The zero-order valence-electron chi connectivity index (χ0n) is 21.9. The lowest BCUT2D eigenvalue weighted by Crippen LogP contribution is -2.54. The van der Waals surface area contributed by atoms with E-state index in [0.717, 1.165) is 16.7 Å². The van der Waals surface area contributed by atoms with Crippen LogP contribution in [0.4, 0.5) is 0 Å². The zero-order chi connectivity index (χ0) is 27.0. The maximum absolute atomic E-state index is 12.1. The third kappa shape index (κ3) is 6.30. The second-order valence-electron chi connectivity index (χ2n) is 9.11. The molecule has 0 N–H and O–H groups in total. The van der Waals surface area contributed by atoms with E-state index >= 15 is 0 Å². The fourth-order valence-corrected chi connectivity index (χ4v) is 4.97. The fraction of sp³-hybridized carbons (Fsp3) is 0.355. The summed E-state index contributed by atoms with van der Waals surface area (Å²) in [7, 11) is 0. The van der Waals surface area contributed by atoms with Crippen LogP contribution in [-0.2, 0) is 38.9 Å². The van der Waals surface area contributed by atoms with Gasteiger partial charge in [-0.05, 0) is 23.6 Å². The Bertz CT molecular complexity index is 1070. The molecule has 4 atom stereocenters. The number of rotatable bonds is 10. The van der Waals surface area contributed by atoms with E-state index in [1.807, 2.05) is 97.9 Å². The third-order valence-corrected chi connectivity index (χ3v) is 6.46. The molecule has 3 aromatic rings. The van der Waals surface area contributed by atoms with Crippen LogP contribution in [0.15, 0.2) is 91.0 Å². The van der Waals surface area contributed by atoms with Gasteiger partial charge in [-0.2, -0.15) is 0 Å². The minimum Gasteiger partial charge on any atom is -0.458 e. The number of hydrogen-bond acceptors (Lipinski definition) is 7. The average Bonchev–Trinajstić information content (AvgIpc) is 2.92. The lowest BCUT2D eigenvalue weighted by Gasteiger charge is -2.42. The van der Waals surface area contributed by atoms with Crippen LogP contribution in [0, 0.1) is 0 Å². The van der Waals surface area contributed by atoms with Crippen LogP contribution in [0.2, 0.25) is 0 Å². The van der Waals surface area contributed by atoms with E-state index in [4.69, 9.17) is 23.7 Å². The van der Waals surface area contributed by atoms with Crippen molar-refractivity contribution < 1.29 is 33.3 Å². The van der Waals surface area contributed by atoms with Gasteiger partial charge in [0, 0.05) is 26.9 Å². The highest BCUT2D eigenvalue weighted by atomic mass is 16.7. The summed E-state index contributed by atoms with van der Waals surface area (Å²) in [5.74, 6) is -0.979. The molecule has 1 heterocycles. The molecule has 3 aromatic carbocycles. The van der Waals surface area contributed by atoms with Gasteiger partial charge in [0.1, 0.15) is 17.8 Å². The van der Waals surface area contributed by atoms with Crippen LogP contribution in [0.25, 0.3) is 0 Å². The number of esters is 2. The standard InChI is InChI=1S/C31H34O7/c1-4-34-29-20-27(36-22(2)32)30(37-23(3)33)28(38-29)21-35-31(24-14-8-5-9-15-24,25-16-10-6-11-17-25)26-18-12-7-13-19-26/h5-19,27-30H,4,20-21H2,1-3H3/t27-,28-,29+,30+/m1/s1. The summed E-state index contributed by atoms with van der Waals surface area (Å²) in [4.78, 5) is 24.0. The van der Waals surface area contributed by atoms with Crippen LogP contribution < -0.4 is 0 Å². The largest absolute Gasteiger partial charge is 0.458 e. The molecule has 1 aliphatic rings. The minimum atomic E-state index is -0.997. The Morgan fingerprint density at radius 2 is 1.26 bits per heavy atom. The van der Waals surface area contributed by atoms with Gasteiger partial charge in [0.25, 0.3) is 0 Å². The van der Waals surface area contributed by atoms with Gasteiger partial charge >= 0.3 is 11.9 Å². The van der Waals surface area contributed by atoms with Gasteiger partial charge in [0.2, 0.25) is 0 Å². The van der Waals surface area contributed by atoms with E-state index in [1.54, 1.807) is 0 Å². The van der Waals surface area contributed by atoms with Crippen LogP contribution in [0.5, 0.6) is 0 Å². The van der Waals surface area contributed by atoms with E-state index in [-0.39, 0.29) is 13.0 Å². The summed E-state index contributed by atoms with van der Waals surface area (Å²) in [6, 6.07) is 29.9. The second kappa shape index (κ2) is 12.8. The van der Waals surface area contributed by atoms with E-state index in [1.165, 1.54) is 13.8 Å². The number of carbonyl (C=O) groups excluding carboxylic acids is 2. The van der Waals surface area contributed by atoms with E-state index in [0.29, 0.717) is 6.61 Å². The monoisotopic (exact) mass is 518 g/mol. The Morgan fingerprint density at radius 1 is 0.789 bits per heavy atom. The Kier molecular flexibility index (Phi) is 9.29. The summed E-state index contributed by atoms with van der Waals surface area (Å²) in [6.45, 7) is 4.94. The highest BCUT2D eigenvalue weighted by Crippen LogP contribution is 2.41. The summed E-state index contributed by atoms with van der Waals surface area (Å²) in [5, 5.41) is 0. The van der Waals surface area contributed by atoms with Crippen molar-refractivity contribution in [2.45, 2.75) is 57.4 Å². The molecule has 0 bridgehead atoms. The van der Waals surface area contributed by atoms with Crippen molar-refractivity contribution in [2.24, 2.45) is 0 Å². The highest BCUT2D eigenvalue weighted by Gasteiger charge is 2.46. The first-order valence-electron chi connectivity index (χ1n) is 12.9. The molecular weight excluding hydrogens is 484 g/mol. The summed E-state index contributed by atoms with van der Waals surface area (Å²) in [6.07, 6.45) is -2.78. The van der Waals surface area contributed by atoms with Crippen LogP contribution in [0.3, 0.4) is 0 Å². The van der Waals surface area contributed by atoms with Gasteiger partial charge in [-0.3, -0.25) is 9.59 Å². The first-order valence-corrected chi connectivity index (χ1v) is 12.9. The van der Waals surface area contributed by atoms with Crippen molar-refractivity contribution in [3.8, 4) is 0 Å². The number of hydrogen-bond donors (Lipinski definition) is 0. The molecule has 0 spiro atoms. The molecule has 1 aliphatic heterocycles. The average molecular weight is 519 g/mol. The molecule has 1 saturated heterocycles. The Labute approximate surface area is 223 Å². The van der Waals surface area contributed by atoms with Crippen LogP contribution in [0.1, 0.15) is 43.9 Å². The molecule has 0 aromatic heterocycles. The fourth-order valence-electron chi connectivity index (χ4n) is 4.97. The topological polar surface area (TPSA) is 80.3 Å².